The molecule has 2 aliphatic rings. The van der Waals surface area contributed by atoms with E-state index in [0.717, 1.165) is 18.4 Å². The first kappa shape index (κ1) is 12.0. The van der Waals surface area contributed by atoms with Crippen LogP contribution in [0.4, 0.5) is 5.95 Å². The standard InChI is InChI=1S/C14H24N4/c1-17(2)13-16-9-12(18(13)3)8-15-10-14(6-7-14)11-4-5-11/h9,11,15H,4-8,10H2,1-3H3. The number of hydrogen-bond acceptors (Lipinski definition) is 3. The lowest BCUT2D eigenvalue weighted by Crippen LogP contribution is -2.26. The smallest absolute Gasteiger partial charge is 0.204 e. The van der Waals surface area contributed by atoms with Crippen LogP contribution >= 0.6 is 0 Å². The SMILES string of the molecule is CN(C)c1ncc(CNCC2(C3CC3)CC2)n1C. The molecule has 2 aliphatic carbocycles. The zero-order chi connectivity index (χ0) is 12.8. The summed E-state index contributed by atoms with van der Waals surface area (Å²) >= 11 is 0. The number of nitrogens with zero attached hydrogens (tertiary/aromatic N) is 3. The first-order chi connectivity index (χ1) is 8.62. The molecule has 1 heterocycles. The van der Waals surface area contributed by atoms with E-state index in [-0.39, 0.29) is 0 Å². The Morgan fingerprint density at radius 3 is 2.67 bits per heavy atom. The molecule has 0 saturated heterocycles. The lowest BCUT2D eigenvalue weighted by Gasteiger charge is -2.16. The summed E-state index contributed by atoms with van der Waals surface area (Å²) in [4.78, 5) is 6.49. The summed E-state index contributed by atoms with van der Waals surface area (Å²) in [6.45, 7) is 2.13. The van der Waals surface area contributed by atoms with E-state index >= 15 is 0 Å². The molecule has 1 aromatic rings. The van der Waals surface area contributed by atoms with E-state index in [1.807, 2.05) is 20.3 Å². The van der Waals surface area contributed by atoms with Crippen LogP contribution in [-0.4, -0.2) is 30.2 Å². The molecule has 0 aromatic carbocycles. The van der Waals surface area contributed by atoms with Crippen molar-refractivity contribution in [2.45, 2.75) is 32.2 Å². The molecule has 4 nitrogen and oxygen atoms in total. The molecule has 0 spiro atoms. The van der Waals surface area contributed by atoms with Crippen LogP contribution in [0.2, 0.25) is 0 Å². The van der Waals surface area contributed by atoms with E-state index < -0.39 is 0 Å². The minimum atomic E-state index is 0.684. The summed E-state index contributed by atoms with van der Waals surface area (Å²) in [6, 6.07) is 0. The van der Waals surface area contributed by atoms with Crippen LogP contribution < -0.4 is 10.2 Å². The van der Waals surface area contributed by atoms with Crippen LogP contribution in [-0.2, 0) is 13.6 Å². The summed E-state index contributed by atoms with van der Waals surface area (Å²) < 4.78 is 2.17. The maximum absolute atomic E-state index is 4.44. The van der Waals surface area contributed by atoms with Crippen molar-refractivity contribution in [1.82, 2.24) is 14.9 Å². The Kier molecular flexibility index (Phi) is 2.85. The van der Waals surface area contributed by atoms with Gasteiger partial charge in [0.25, 0.3) is 0 Å². The molecular weight excluding hydrogens is 224 g/mol. The van der Waals surface area contributed by atoms with Gasteiger partial charge in [-0.15, -0.1) is 0 Å². The highest BCUT2D eigenvalue weighted by Crippen LogP contribution is 2.60. The second kappa shape index (κ2) is 4.26. The molecule has 0 bridgehead atoms. The third kappa shape index (κ3) is 2.14. The second-order valence-corrected chi connectivity index (χ2v) is 6.24. The molecule has 18 heavy (non-hydrogen) atoms. The summed E-state index contributed by atoms with van der Waals surface area (Å²) in [5.74, 6) is 2.06. The molecule has 4 heteroatoms. The van der Waals surface area contributed by atoms with Crippen LogP contribution in [0.1, 0.15) is 31.4 Å². The molecule has 1 aromatic heterocycles. The zero-order valence-electron chi connectivity index (χ0n) is 11.7. The quantitative estimate of drug-likeness (QED) is 0.833. The normalized spacial score (nSPS) is 21.1. The van der Waals surface area contributed by atoms with E-state index in [1.165, 1.54) is 37.9 Å². The van der Waals surface area contributed by atoms with Gasteiger partial charge in [-0.2, -0.15) is 0 Å². The van der Waals surface area contributed by atoms with Gasteiger partial charge in [0.15, 0.2) is 0 Å². The average Bonchev–Trinajstić information content (AvgIpc) is 3.20. The second-order valence-electron chi connectivity index (χ2n) is 6.24. The molecule has 0 aliphatic heterocycles. The summed E-state index contributed by atoms with van der Waals surface area (Å²) in [7, 11) is 6.16. The third-order valence-corrected chi connectivity index (χ3v) is 4.58. The van der Waals surface area contributed by atoms with E-state index in [4.69, 9.17) is 0 Å². The van der Waals surface area contributed by atoms with E-state index in [9.17, 15) is 0 Å². The fourth-order valence-electron chi connectivity index (χ4n) is 3.04. The zero-order valence-corrected chi connectivity index (χ0v) is 11.7. The fourth-order valence-corrected chi connectivity index (χ4v) is 3.04. The molecule has 0 atom stereocenters. The van der Waals surface area contributed by atoms with Crippen molar-refractivity contribution in [3.8, 4) is 0 Å². The first-order valence-corrected chi connectivity index (χ1v) is 7.01. The topological polar surface area (TPSA) is 33.1 Å². The monoisotopic (exact) mass is 248 g/mol. The van der Waals surface area contributed by atoms with Crippen molar-refractivity contribution in [3.63, 3.8) is 0 Å². The Hall–Kier alpha value is -1.03. The number of imidazole rings is 1. The molecule has 0 amide bonds. The lowest BCUT2D eigenvalue weighted by atomic mass is 10.0. The Morgan fingerprint density at radius 2 is 2.17 bits per heavy atom. The van der Waals surface area contributed by atoms with Crippen molar-refractivity contribution >= 4 is 5.95 Å². The van der Waals surface area contributed by atoms with Crippen molar-refractivity contribution in [2.24, 2.45) is 18.4 Å². The number of nitrogens with one attached hydrogen (secondary N) is 1. The highest BCUT2D eigenvalue weighted by atomic mass is 15.3. The van der Waals surface area contributed by atoms with Crippen LogP contribution in [0.3, 0.4) is 0 Å². The lowest BCUT2D eigenvalue weighted by molar-refractivity contribution is 0.401. The molecule has 2 fully saturated rings. The maximum Gasteiger partial charge on any atom is 0.204 e. The van der Waals surface area contributed by atoms with Gasteiger partial charge in [-0.25, -0.2) is 4.98 Å². The van der Waals surface area contributed by atoms with Crippen molar-refractivity contribution in [2.75, 3.05) is 25.5 Å². The summed E-state index contributed by atoms with van der Waals surface area (Å²) in [6.07, 6.45) is 7.81. The Bertz CT molecular complexity index is 427. The molecule has 2 saturated carbocycles. The molecule has 100 valence electrons. The van der Waals surface area contributed by atoms with Gasteiger partial charge in [-0.05, 0) is 37.0 Å². The first-order valence-electron chi connectivity index (χ1n) is 7.01. The van der Waals surface area contributed by atoms with Gasteiger partial charge in [0.1, 0.15) is 0 Å². The van der Waals surface area contributed by atoms with Crippen LogP contribution in [0, 0.1) is 11.3 Å². The molecule has 0 radical (unpaired) electrons. The summed E-state index contributed by atoms with van der Waals surface area (Å²) in [5, 5.41) is 3.64. The fraction of sp³-hybridized carbons (Fsp3) is 0.786. The Morgan fingerprint density at radius 1 is 1.44 bits per heavy atom. The minimum Gasteiger partial charge on any atom is -0.348 e. The Labute approximate surface area is 109 Å². The van der Waals surface area contributed by atoms with Gasteiger partial charge < -0.3 is 14.8 Å². The highest BCUT2D eigenvalue weighted by Gasteiger charge is 2.53. The largest absolute Gasteiger partial charge is 0.348 e. The van der Waals surface area contributed by atoms with Crippen molar-refractivity contribution in [3.05, 3.63) is 11.9 Å². The Balaban J connectivity index is 1.54. The van der Waals surface area contributed by atoms with Gasteiger partial charge in [0.05, 0.1) is 11.9 Å². The number of rotatable bonds is 6. The summed E-state index contributed by atoms with van der Waals surface area (Å²) in [5.41, 5.74) is 1.95. The highest BCUT2D eigenvalue weighted by molar-refractivity contribution is 5.30. The molecule has 1 N–H and O–H groups in total. The van der Waals surface area contributed by atoms with E-state index in [1.54, 1.807) is 0 Å². The molecule has 3 rings (SSSR count). The van der Waals surface area contributed by atoms with Crippen molar-refractivity contribution < 1.29 is 0 Å². The molecular formula is C14H24N4. The predicted molar refractivity (Wildman–Crippen MR) is 73.6 cm³/mol. The van der Waals surface area contributed by atoms with E-state index in [0.29, 0.717) is 5.41 Å². The van der Waals surface area contributed by atoms with Gasteiger partial charge in [-0.3, -0.25) is 0 Å². The van der Waals surface area contributed by atoms with Crippen LogP contribution in [0.5, 0.6) is 0 Å². The van der Waals surface area contributed by atoms with Gasteiger partial charge in [0.2, 0.25) is 5.95 Å². The third-order valence-electron chi connectivity index (χ3n) is 4.58. The van der Waals surface area contributed by atoms with Gasteiger partial charge >= 0.3 is 0 Å². The van der Waals surface area contributed by atoms with Crippen LogP contribution in [0.15, 0.2) is 6.20 Å². The number of hydrogen-bond donors (Lipinski definition) is 1. The number of aromatic nitrogens is 2. The van der Waals surface area contributed by atoms with Gasteiger partial charge in [-0.1, -0.05) is 0 Å². The van der Waals surface area contributed by atoms with Crippen molar-refractivity contribution in [1.29, 1.82) is 0 Å². The van der Waals surface area contributed by atoms with Crippen LogP contribution in [0.25, 0.3) is 0 Å². The maximum atomic E-state index is 4.44. The molecule has 0 unspecified atom stereocenters. The average molecular weight is 248 g/mol. The predicted octanol–water partition coefficient (Wildman–Crippen LogP) is 1.77. The van der Waals surface area contributed by atoms with Gasteiger partial charge in [0, 0.05) is 34.2 Å². The minimum absolute atomic E-state index is 0.684. The van der Waals surface area contributed by atoms with E-state index in [2.05, 4.69) is 26.8 Å². The number of anilines is 1.